The predicted octanol–water partition coefficient (Wildman–Crippen LogP) is 3.92. The SMILES string of the molecule is CC(C)(CNC(=O)Cc1ccc(Cl)c(Cl)c1)N1CCCCC1. The van der Waals surface area contributed by atoms with Crippen LogP contribution in [0.5, 0.6) is 0 Å². The molecule has 0 bridgehead atoms. The van der Waals surface area contributed by atoms with E-state index in [1.807, 2.05) is 6.07 Å². The first-order valence-corrected chi connectivity index (χ1v) is 8.60. The standard InChI is InChI=1S/C17H24Cl2N2O/c1-17(2,21-8-4-3-5-9-21)12-20-16(22)11-13-6-7-14(18)15(19)10-13/h6-7,10H,3-5,8-9,11-12H2,1-2H3,(H,20,22). The van der Waals surface area contributed by atoms with E-state index in [2.05, 4.69) is 24.1 Å². The van der Waals surface area contributed by atoms with Gasteiger partial charge in [-0.3, -0.25) is 9.69 Å². The van der Waals surface area contributed by atoms with Crippen LogP contribution in [-0.4, -0.2) is 36.0 Å². The molecule has 1 aliphatic rings. The Morgan fingerprint density at radius 3 is 2.50 bits per heavy atom. The van der Waals surface area contributed by atoms with Gasteiger partial charge >= 0.3 is 0 Å². The van der Waals surface area contributed by atoms with E-state index in [4.69, 9.17) is 23.2 Å². The van der Waals surface area contributed by atoms with E-state index in [1.165, 1.54) is 19.3 Å². The lowest BCUT2D eigenvalue weighted by atomic mass is 9.98. The molecule has 122 valence electrons. The number of piperidine rings is 1. The molecule has 0 aromatic heterocycles. The number of nitrogens with zero attached hydrogens (tertiary/aromatic N) is 1. The largest absolute Gasteiger partial charge is 0.354 e. The zero-order chi connectivity index (χ0) is 16.2. The van der Waals surface area contributed by atoms with Crippen molar-refractivity contribution < 1.29 is 4.79 Å². The number of hydrogen-bond donors (Lipinski definition) is 1. The molecule has 0 radical (unpaired) electrons. The highest BCUT2D eigenvalue weighted by atomic mass is 35.5. The lowest BCUT2D eigenvalue weighted by molar-refractivity contribution is -0.121. The molecule has 0 spiro atoms. The molecule has 0 aliphatic carbocycles. The first kappa shape index (κ1) is 17.6. The first-order chi connectivity index (χ1) is 10.4. The molecule has 1 aliphatic heterocycles. The van der Waals surface area contributed by atoms with Crippen LogP contribution in [0.4, 0.5) is 0 Å². The third kappa shape index (κ3) is 4.87. The van der Waals surface area contributed by atoms with Crippen LogP contribution in [0.1, 0.15) is 38.7 Å². The van der Waals surface area contributed by atoms with Gasteiger partial charge in [0.2, 0.25) is 5.91 Å². The van der Waals surface area contributed by atoms with Gasteiger partial charge in [0, 0.05) is 12.1 Å². The van der Waals surface area contributed by atoms with Gasteiger partial charge in [0.05, 0.1) is 16.5 Å². The monoisotopic (exact) mass is 342 g/mol. The second-order valence-corrected chi connectivity index (χ2v) is 7.38. The molecule has 1 N–H and O–H groups in total. The van der Waals surface area contributed by atoms with Gasteiger partial charge in [0.25, 0.3) is 0 Å². The fourth-order valence-electron chi connectivity index (χ4n) is 2.82. The highest BCUT2D eigenvalue weighted by Gasteiger charge is 2.28. The third-order valence-corrected chi connectivity index (χ3v) is 5.02. The van der Waals surface area contributed by atoms with Crippen LogP contribution in [0, 0.1) is 0 Å². The number of hydrogen-bond acceptors (Lipinski definition) is 2. The molecule has 0 unspecified atom stereocenters. The van der Waals surface area contributed by atoms with Crippen LogP contribution in [0.25, 0.3) is 0 Å². The maximum atomic E-state index is 12.1. The molecule has 3 nitrogen and oxygen atoms in total. The van der Waals surface area contributed by atoms with Gasteiger partial charge in [-0.15, -0.1) is 0 Å². The summed E-state index contributed by atoms with van der Waals surface area (Å²) >= 11 is 11.9. The molecular formula is C17H24Cl2N2O. The summed E-state index contributed by atoms with van der Waals surface area (Å²) in [6.07, 6.45) is 4.14. The van der Waals surface area contributed by atoms with Crippen molar-refractivity contribution >= 4 is 29.1 Å². The number of amides is 1. The van der Waals surface area contributed by atoms with Crippen molar-refractivity contribution in [2.24, 2.45) is 0 Å². The summed E-state index contributed by atoms with van der Waals surface area (Å²) in [6, 6.07) is 5.31. The molecule has 1 aromatic carbocycles. The van der Waals surface area contributed by atoms with Crippen LogP contribution < -0.4 is 5.32 Å². The Labute approximate surface area is 143 Å². The molecule has 0 saturated carbocycles. The van der Waals surface area contributed by atoms with Crippen LogP contribution in [0.3, 0.4) is 0 Å². The number of halogens is 2. The number of benzene rings is 1. The zero-order valence-corrected chi connectivity index (χ0v) is 14.8. The van der Waals surface area contributed by atoms with E-state index in [1.54, 1.807) is 12.1 Å². The third-order valence-electron chi connectivity index (χ3n) is 4.28. The van der Waals surface area contributed by atoms with Gasteiger partial charge in [-0.1, -0.05) is 35.7 Å². The van der Waals surface area contributed by atoms with Gasteiger partial charge < -0.3 is 5.32 Å². The van der Waals surface area contributed by atoms with E-state index in [0.29, 0.717) is 23.0 Å². The van der Waals surface area contributed by atoms with Crippen molar-refractivity contribution in [3.05, 3.63) is 33.8 Å². The summed E-state index contributed by atoms with van der Waals surface area (Å²) in [5.74, 6) is 0.0171. The summed E-state index contributed by atoms with van der Waals surface area (Å²) in [7, 11) is 0. The molecule has 1 saturated heterocycles. The number of carbonyl (C=O) groups excluding carboxylic acids is 1. The number of carbonyl (C=O) groups is 1. The Balaban J connectivity index is 1.84. The maximum Gasteiger partial charge on any atom is 0.224 e. The molecule has 0 atom stereocenters. The average Bonchev–Trinajstić information content (AvgIpc) is 2.50. The zero-order valence-electron chi connectivity index (χ0n) is 13.3. The smallest absolute Gasteiger partial charge is 0.224 e. The molecule has 2 rings (SSSR count). The quantitative estimate of drug-likeness (QED) is 0.879. The van der Waals surface area contributed by atoms with Crippen LogP contribution in [0.15, 0.2) is 18.2 Å². The van der Waals surface area contributed by atoms with Crippen molar-refractivity contribution in [3.8, 4) is 0 Å². The van der Waals surface area contributed by atoms with Crippen molar-refractivity contribution in [1.82, 2.24) is 10.2 Å². The molecular weight excluding hydrogens is 319 g/mol. The summed E-state index contributed by atoms with van der Waals surface area (Å²) < 4.78 is 0. The minimum Gasteiger partial charge on any atom is -0.354 e. The van der Waals surface area contributed by atoms with Gasteiger partial charge in [-0.25, -0.2) is 0 Å². The lowest BCUT2D eigenvalue weighted by Gasteiger charge is -2.41. The summed E-state index contributed by atoms with van der Waals surface area (Å²) in [6.45, 7) is 7.29. The van der Waals surface area contributed by atoms with Crippen molar-refractivity contribution in [3.63, 3.8) is 0 Å². The van der Waals surface area contributed by atoms with E-state index < -0.39 is 0 Å². The van der Waals surface area contributed by atoms with E-state index in [0.717, 1.165) is 18.7 Å². The minimum absolute atomic E-state index is 0.00623. The van der Waals surface area contributed by atoms with E-state index >= 15 is 0 Å². The van der Waals surface area contributed by atoms with Crippen molar-refractivity contribution in [2.45, 2.75) is 45.1 Å². The lowest BCUT2D eigenvalue weighted by Crippen LogP contribution is -2.53. The normalized spacial score (nSPS) is 16.5. The Morgan fingerprint density at radius 2 is 1.86 bits per heavy atom. The Morgan fingerprint density at radius 1 is 1.18 bits per heavy atom. The first-order valence-electron chi connectivity index (χ1n) is 7.84. The van der Waals surface area contributed by atoms with Gasteiger partial charge in [0.15, 0.2) is 0 Å². The van der Waals surface area contributed by atoms with Crippen LogP contribution in [0.2, 0.25) is 10.0 Å². The molecule has 1 fully saturated rings. The summed E-state index contributed by atoms with van der Waals surface area (Å²) in [5, 5.41) is 4.04. The van der Waals surface area contributed by atoms with Crippen molar-refractivity contribution in [1.29, 1.82) is 0 Å². The van der Waals surface area contributed by atoms with Gasteiger partial charge in [-0.05, 0) is 57.5 Å². The highest BCUT2D eigenvalue weighted by molar-refractivity contribution is 6.42. The average molecular weight is 343 g/mol. The van der Waals surface area contributed by atoms with Crippen LogP contribution in [-0.2, 0) is 11.2 Å². The van der Waals surface area contributed by atoms with Crippen molar-refractivity contribution in [2.75, 3.05) is 19.6 Å². The van der Waals surface area contributed by atoms with E-state index in [9.17, 15) is 4.79 Å². The van der Waals surface area contributed by atoms with Crippen LogP contribution >= 0.6 is 23.2 Å². The molecule has 1 amide bonds. The number of nitrogens with one attached hydrogen (secondary N) is 1. The predicted molar refractivity (Wildman–Crippen MR) is 92.7 cm³/mol. The Bertz CT molecular complexity index is 525. The highest BCUT2D eigenvalue weighted by Crippen LogP contribution is 2.23. The van der Waals surface area contributed by atoms with E-state index in [-0.39, 0.29) is 11.4 Å². The van der Waals surface area contributed by atoms with Gasteiger partial charge in [-0.2, -0.15) is 0 Å². The Hall–Kier alpha value is -0.770. The molecule has 22 heavy (non-hydrogen) atoms. The second kappa shape index (κ2) is 7.67. The summed E-state index contributed by atoms with van der Waals surface area (Å²) in [5.41, 5.74) is 0.871. The number of rotatable bonds is 5. The maximum absolute atomic E-state index is 12.1. The minimum atomic E-state index is -0.00623. The molecule has 5 heteroatoms. The van der Waals surface area contributed by atoms with Gasteiger partial charge in [0.1, 0.15) is 0 Å². The summed E-state index contributed by atoms with van der Waals surface area (Å²) in [4.78, 5) is 14.6. The number of likely N-dealkylation sites (tertiary alicyclic amines) is 1. The second-order valence-electron chi connectivity index (χ2n) is 6.56. The Kier molecular flexibility index (Phi) is 6.13. The topological polar surface area (TPSA) is 32.3 Å². The molecule has 1 heterocycles. The fourth-order valence-corrected chi connectivity index (χ4v) is 3.14. The fraction of sp³-hybridized carbons (Fsp3) is 0.588. The molecule has 1 aromatic rings.